The molecule has 1 aliphatic heterocycles. The summed E-state index contributed by atoms with van der Waals surface area (Å²) in [5, 5.41) is 0.803. The third kappa shape index (κ3) is 4.32. The van der Waals surface area contributed by atoms with Crippen molar-refractivity contribution in [1.29, 1.82) is 0 Å². The minimum atomic E-state index is 0.0421. The van der Waals surface area contributed by atoms with Crippen molar-refractivity contribution in [3.63, 3.8) is 0 Å². The molecule has 2 aromatic carbocycles. The van der Waals surface area contributed by atoms with E-state index in [0.29, 0.717) is 33.0 Å². The monoisotopic (exact) mass is 392 g/mol. The molecular formula is C20H22Cl2N2O2. The molecule has 1 fully saturated rings. The lowest BCUT2D eigenvalue weighted by Gasteiger charge is -2.33. The van der Waals surface area contributed by atoms with Crippen LogP contribution in [0.2, 0.25) is 10.0 Å². The number of benzene rings is 2. The molecule has 0 aliphatic carbocycles. The average molecular weight is 393 g/mol. The highest BCUT2D eigenvalue weighted by Gasteiger charge is 2.25. The van der Waals surface area contributed by atoms with Crippen LogP contribution in [-0.4, -0.2) is 29.9 Å². The summed E-state index contributed by atoms with van der Waals surface area (Å²) in [7, 11) is 0. The Morgan fingerprint density at radius 1 is 1.15 bits per heavy atom. The Morgan fingerprint density at radius 3 is 2.42 bits per heavy atom. The second-order valence-corrected chi connectivity index (χ2v) is 7.45. The number of hydrogen-bond acceptors (Lipinski definition) is 3. The lowest BCUT2D eigenvalue weighted by atomic mass is 9.90. The van der Waals surface area contributed by atoms with Gasteiger partial charge in [-0.3, -0.25) is 4.79 Å². The highest BCUT2D eigenvalue weighted by atomic mass is 35.5. The quantitative estimate of drug-likeness (QED) is 0.797. The summed E-state index contributed by atoms with van der Waals surface area (Å²) in [5.41, 5.74) is 6.61. The highest BCUT2D eigenvalue weighted by molar-refractivity contribution is 6.42. The van der Waals surface area contributed by atoms with Crippen molar-refractivity contribution in [2.45, 2.75) is 25.8 Å². The van der Waals surface area contributed by atoms with Gasteiger partial charge in [-0.05, 0) is 62.1 Å². The molecule has 1 atom stereocenters. The summed E-state index contributed by atoms with van der Waals surface area (Å²) in [4.78, 5) is 14.6. The molecule has 1 heterocycles. The second kappa shape index (κ2) is 8.30. The normalized spacial score (nSPS) is 16.4. The van der Waals surface area contributed by atoms with Gasteiger partial charge < -0.3 is 15.4 Å². The van der Waals surface area contributed by atoms with Crippen molar-refractivity contribution in [3.05, 3.63) is 58.1 Å². The Morgan fingerprint density at radius 2 is 1.81 bits per heavy atom. The molecule has 0 saturated carbocycles. The maximum Gasteiger partial charge on any atom is 0.253 e. The Labute approximate surface area is 163 Å². The van der Waals surface area contributed by atoms with Crippen molar-refractivity contribution in [2.24, 2.45) is 11.7 Å². The average Bonchev–Trinajstić information content (AvgIpc) is 2.65. The van der Waals surface area contributed by atoms with E-state index in [4.69, 9.17) is 33.7 Å². The van der Waals surface area contributed by atoms with E-state index in [1.54, 1.807) is 42.5 Å². The summed E-state index contributed by atoms with van der Waals surface area (Å²) in [5.74, 6) is 1.62. The fraction of sp³-hybridized carbons (Fsp3) is 0.350. The lowest BCUT2D eigenvalue weighted by Crippen LogP contribution is -2.42. The van der Waals surface area contributed by atoms with Gasteiger partial charge in [0.25, 0.3) is 5.91 Å². The highest BCUT2D eigenvalue weighted by Crippen LogP contribution is 2.34. The van der Waals surface area contributed by atoms with Gasteiger partial charge in [-0.2, -0.15) is 0 Å². The number of hydrogen-bond donors (Lipinski definition) is 1. The molecule has 138 valence electrons. The number of nitrogens with two attached hydrogens (primary N) is 1. The van der Waals surface area contributed by atoms with E-state index in [-0.39, 0.29) is 11.9 Å². The van der Waals surface area contributed by atoms with E-state index in [0.717, 1.165) is 25.9 Å². The van der Waals surface area contributed by atoms with Crippen molar-refractivity contribution in [1.82, 2.24) is 4.90 Å². The molecule has 1 amide bonds. The van der Waals surface area contributed by atoms with Gasteiger partial charge in [0.15, 0.2) is 0 Å². The van der Waals surface area contributed by atoms with Gasteiger partial charge in [0.1, 0.15) is 16.5 Å². The van der Waals surface area contributed by atoms with Crippen LogP contribution in [0.3, 0.4) is 0 Å². The van der Waals surface area contributed by atoms with Gasteiger partial charge in [-0.1, -0.05) is 29.3 Å². The van der Waals surface area contributed by atoms with Crippen molar-refractivity contribution in [2.75, 3.05) is 13.1 Å². The van der Waals surface area contributed by atoms with Gasteiger partial charge in [-0.25, -0.2) is 0 Å². The summed E-state index contributed by atoms with van der Waals surface area (Å²) < 4.78 is 5.76. The standard InChI is InChI=1S/C20H22Cl2N2O2/c1-13(23)14-9-11-24(12-10-14)20(25)15-5-7-16(8-6-15)26-18-4-2-3-17(21)19(18)22/h2-8,13-14H,9-12,23H2,1H3. The van der Waals surface area contributed by atoms with Crippen LogP contribution in [0.5, 0.6) is 11.5 Å². The summed E-state index contributed by atoms with van der Waals surface area (Å²) in [6, 6.07) is 12.5. The van der Waals surface area contributed by atoms with Gasteiger partial charge >= 0.3 is 0 Å². The third-order valence-electron chi connectivity index (χ3n) is 4.82. The second-order valence-electron chi connectivity index (χ2n) is 6.67. The van der Waals surface area contributed by atoms with Gasteiger partial charge in [0, 0.05) is 24.7 Å². The number of rotatable bonds is 4. The van der Waals surface area contributed by atoms with E-state index in [1.165, 1.54) is 0 Å². The molecule has 4 nitrogen and oxygen atoms in total. The summed E-state index contributed by atoms with van der Waals surface area (Å²) in [6.45, 7) is 3.54. The van der Waals surface area contributed by atoms with Crippen molar-refractivity contribution < 1.29 is 9.53 Å². The molecule has 2 aromatic rings. The maximum absolute atomic E-state index is 12.7. The topological polar surface area (TPSA) is 55.6 Å². The van der Waals surface area contributed by atoms with E-state index < -0.39 is 0 Å². The Bertz CT molecular complexity index is 770. The first kappa shape index (κ1) is 19.0. The van der Waals surface area contributed by atoms with Crippen LogP contribution in [0.1, 0.15) is 30.1 Å². The molecule has 26 heavy (non-hydrogen) atoms. The Balaban J connectivity index is 1.64. The summed E-state index contributed by atoms with van der Waals surface area (Å²) >= 11 is 12.1. The van der Waals surface area contributed by atoms with Gasteiger partial charge in [-0.15, -0.1) is 0 Å². The minimum Gasteiger partial charge on any atom is -0.456 e. The third-order valence-corrected chi connectivity index (χ3v) is 5.62. The molecule has 2 N–H and O–H groups in total. The molecule has 0 bridgehead atoms. The lowest BCUT2D eigenvalue weighted by molar-refractivity contribution is 0.0681. The maximum atomic E-state index is 12.7. The smallest absolute Gasteiger partial charge is 0.253 e. The van der Waals surface area contributed by atoms with Crippen LogP contribution in [0.4, 0.5) is 0 Å². The predicted molar refractivity (Wildman–Crippen MR) is 105 cm³/mol. The zero-order valence-electron chi connectivity index (χ0n) is 14.6. The largest absolute Gasteiger partial charge is 0.456 e. The fourth-order valence-corrected chi connectivity index (χ4v) is 3.50. The van der Waals surface area contributed by atoms with Crippen LogP contribution >= 0.6 is 23.2 Å². The van der Waals surface area contributed by atoms with Crippen molar-refractivity contribution in [3.8, 4) is 11.5 Å². The van der Waals surface area contributed by atoms with Crippen LogP contribution in [0, 0.1) is 5.92 Å². The molecular weight excluding hydrogens is 371 g/mol. The van der Waals surface area contributed by atoms with Crippen LogP contribution in [0.25, 0.3) is 0 Å². The zero-order chi connectivity index (χ0) is 18.7. The number of carbonyl (C=O) groups excluding carboxylic acids is 1. The molecule has 6 heteroatoms. The number of ether oxygens (including phenoxy) is 1. The van der Waals surface area contributed by atoms with E-state index in [1.807, 2.05) is 11.8 Å². The minimum absolute atomic E-state index is 0.0421. The number of carbonyl (C=O) groups is 1. The number of likely N-dealkylation sites (tertiary alicyclic amines) is 1. The Kier molecular flexibility index (Phi) is 6.07. The first-order chi connectivity index (χ1) is 12.5. The van der Waals surface area contributed by atoms with Crippen molar-refractivity contribution >= 4 is 29.1 Å². The molecule has 0 radical (unpaired) electrons. The van der Waals surface area contributed by atoms with Crippen LogP contribution in [-0.2, 0) is 0 Å². The van der Waals surface area contributed by atoms with Gasteiger partial charge in [0.2, 0.25) is 0 Å². The molecule has 1 aliphatic rings. The Hall–Kier alpha value is -1.75. The SMILES string of the molecule is CC(N)C1CCN(C(=O)c2ccc(Oc3cccc(Cl)c3Cl)cc2)CC1. The molecule has 1 saturated heterocycles. The number of halogens is 2. The van der Waals surface area contributed by atoms with Crippen LogP contribution < -0.4 is 10.5 Å². The van der Waals surface area contributed by atoms with Gasteiger partial charge in [0.05, 0.1) is 5.02 Å². The molecule has 0 spiro atoms. The van der Waals surface area contributed by atoms with E-state index in [2.05, 4.69) is 0 Å². The number of nitrogens with zero attached hydrogens (tertiary/aromatic N) is 1. The van der Waals surface area contributed by atoms with Crippen LogP contribution in [0.15, 0.2) is 42.5 Å². The first-order valence-electron chi connectivity index (χ1n) is 8.72. The predicted octanol–water partition coefficient (Wildman–Crippen LogP) is 4.99. The summed E-state index contributed by atoms with van der Waals surface area (Å²) in [6.07, 6.45) is 1.91. The molecule has 0 aromatic heterocycles. The molecule has 1 unspecified atom stereocenters. The number of piperidine rings is 1. The van der Waals surface area contributed by atoms with E-state index in [9.17, 15) is 4.79 Å². The molecule has 3 rings (SSSR count). The zero-order valence-corrected chi connectivity index (χ0v) is 16.1. The first-order valence-corrected chi connectivity index (χ1v) is 9.48. The number of amides is 1. The fourth-order valence-electron chi connectivity index (χ4n) is 3.17. The van der Waals surface area contributed by atoms with E-state index >= 15 is 0 Å².